The summed E-state index contributed by atoms with van der Waals surface area (Å²) in [6.45, 7) is 3.04. The Morgan fingerprint density at radius 3 is 2.79 bits per heavy atom. The Bertz CT molecular complexity index is 616. The first-order valence-electron chi connectivity index (χ1n) is 6.21. The molecule has 0 aliphatic carbocycles. The van der Waals surface area contributed by atoms with Crippen molar-refractivity contribution in [1.82, 2.24) is 9.88 Å². The van der Waals surface area contributed by atoms with Crippen LogP contribution in [0.1, 0.15) is 23.7 Å². The molecule has 0 radical (unpaired) electrons. The van der Waals surface area contributed by atoms with E-state index < -0.39 is 5.97 Å². The number of nitrogens with one attached hydrogen (secondary N) is 1. The molecule has 5 heteroatoms. The first-order chi connectivity index (χ1) is 9.13. The van der Waals surface area contributed by atoms with Crippen molar-refractivity contribution in [2.75, 3.05) is 6.54 Å². The van der Waals surface area contributed by atoms with Crippen LogP contribution in [0.5, 0.6) is 0 Å². The molecule has 1 heterocycles. The number of aromatic nitrogens is 1. The van der Waals surface area contributed by atoms with Crippen LogP contribution in [-0.4, -0.2) is 28.1 Å². The Hall–Kier alpha value is -2.30. The van der Waals surface area contributed by atoms with Gasteiger partial charge in [-0.1, -0.05) is 6.07 Å². The number of hydrogen-bond donors (Lipinski definition) is 2. The summed E-state index contributed by atoms with van der Waals surface area (Å²) in [4.78, 5) is 22.5. The van der Waals surface area contributed by atoms with Crippen molar-refractivity contribution in [3.05, 3.63) is 36.0 Å². The molecule has 1 aromatic carbocycles. The summed E-state index contributed by atoms with van der Waals surface area (Å²) in [5.41, 5.74) is 1.12. The van der Waals surface area contributed by atoms with Crippen molar-refractivity contribution in [2.45, 2.75) is 19.9 Å². The van der Waals surface area contributed by atoms with Crippen LogP contribution in [0.3, 0.4) is 0 Å². The maximum Gasteiger partial charge on any atom is 0.336 e. The van der Waals surface area contributed by atoms with Crippen LogP contribution < -0.4 is 5.32 Å². The van der Waals surface area contributed by atoms with E-state index in [0.717, 1.165) is 5.52 Å². The van der Waals surface area contributed by atoms with E-state index in [1.807, 2.05) is 23.8 Å². The van der Waals surface area contributed by atoms with E-state index in [0.29, 0.717) is 24.9 Å². The first kappa shape index (κ1) is 13.1. The van der Waals surface area contributed by atoms with Gasteiger partial charge in [-0.15, -0.1) is 0 Å². The molecule has 5 nitrogen and oxygen atoms in total. The zero-order chi connectivity index (χ0) is 13.8. The summed E-state index contributed by atoms with van der Waals surface area (Å²) in [6, 6.07) is 6.93. The molecule has 0 saturated heterocycles. The monoisotopic (exact) mass is 260 g/mol. The number of benzene rings is 1. The van der Waals surface area contributed by atoms with E-state index in [-0.39, 0.29) is 11.5 Å². The number of rotatable bonds is 5. The fourth-order valence-corrected chi connectivity index (χ4v) is 2.11. The number of hydrogen-bond acceptors (Lipinski definition) is 2. The number of carboxylic acids is 1. The lowest BCUT2D eigenvalue weighted by molar-refractivity contribution is -0.121. The Kier molecular flexibility index (Phi) is 3.85. The third-order valence-electron chi connectivity index (χ3n) is 3.00. The number of aryl methyl sites for hydroxylation is 1. The second-order valence-electron chi connectivity index (χ2n) is 4.26. The second kappa shape index (κ2) is 5.56. The van der Waals surface area contributed by atoms with Crippen molar-refractivity contribution in [1.29, 1.82) is 0 Å². The highest BCUT2D eigenvalue weighted by molar-refractivity contribution is 6.03. The van der Waals surface area contributed by atoms with Crippen molar-refractivity contribution < 1.29 is 14.7 Å². The topological polar surface area (TPSA) is 71.3 Å². The minimum Gasteiger partial charge on any atom is -0.478 e. The number of aromatic carboxylic acids is 1. The molecule has 0 atom stereocenters. The average molecular weight is 260 g/mol. The highest BCUT2D eigenvalue weighted by atomic mass is 16.4. The number of nitrogens with zero attached hydrogens (tertiary/aromatic N) is 1. The summed E-state index contributed by atoms with van der Waals surface area (Å²) in [5, 5.41) is 12.5. The van der Waals surface area contributed by atoms with E-state index in [9.17, 15) is 9.59 Å². The van der Waals surface area contributed by atoms with Gasteiger partial charge >= 0.3 is 5.97 Å². The highest BCUT2D eigenvalue weighted by Crippen LogP contribution is 2.20. The largest absolute Gasteiger partial charge is 0.478 e. The van der Waals surface area contributed by atoms with Gasteiger partial charge in [-0.2, -0.15) is 0 Å². The van der Waals surface area contributed by atoms with Crippen molar-refractivity contribution in [3.8, 4) is 0 Å². The van der Waals surface area contributed by atoms with Gasteiger partial charge in [0.15, 0.2) is 0 Å². The van der Waals surface area contributed by atoms with E-state index in [1.165, 1.54) is 0 Å². The van der Waals surface area contributed by atoms with Gasteiger partial charge in [0.25, 0.3) is 0 Å². The lowest BCUT2D eigenvalue weighted by Crippen LogP contribution is -2.23. The number of carboxylic acid groups (broad SMARTS) is 1. The molecule has 0 fully saturated rings. The van der Waals surface area contributed by atoms with Gasteiger partial charge in [-0.25, -0.2) is 4.79 Å². The van der Waals surface area contributed by atoms with Crippen molar-refractivity contribution >= 4 is 22.8 Å². The number of carbonyl (C=O) groups is 2. The normalized spacial score (nSPS) is 10.6. The summed E-state index contributed by atoms with van der Waals surface area (Å²) in [7, 11) is 0. The summed E-state index contributed by atoms with van der Waals surface area (Å²) in [6.07, 6.45) is 2.20. The molecule has 1 aromatic heterocycles. The summed E-state index contributed by atoms with van der Waals surface area (Å²) < 4.78 is 1.90. The Balaban J connectivity index is 2.24. The van der Waals surface area contributed by atoms with Gasteiger partial charge in [0.1, 0.15) is 0 Å². The van der Waals surface area contributed by atoms with E-state index in [4.69, 9.17) is 5.11 Å². The quantitative estimate of drug-likeness (QED) is 0.862. The Morgan fingerprint density at radius 2 is 2.11 bits per heavy atom. The van der Waals surface area contributed by atoms with E-state index >= 15 is 0 Å². The van der Waals surface area contributed by atoms with Crippen LogP contribution in [0.25, 0.3) is 10.9 Å². The minimum absolute atomic E-state index is 0.00117. The molecule has 2 aromatic rings. The zero-order valence-electron chi connectivity index (χ0n) is 10.7. The number of fused-ring (bicyclic) bond motifs is 1. The van der Waals surface area contributed by atoms with Crippen LogP contribution in [0, 0.1) is 0 Å². The predicted octanol–water partition coefficient (Wildman–Crippen LogP) is 1.87. The molecule has 19 heavy (non-hydrogen) atoms. The highest BCUT2D eigenvalue weighted by Gasteiger charge is 2.11. The van der Waals surface area contributed by atoms with Gasteiger partial charge in [0.2, 0.25) is 5.91 Å². The van der Waals surface area contributed by atoms with Gasteiger partial charge in [-0.05, 0) is 25.1 Å². The lowest BCUT2D eigenvalue weighted by Gasteiger charge is -2.06. The molecule has 100 valence electrons. The van der Waals surface area contributed by atoms with Crippen LogP contribution >= 0.6 is 0 Å². The third-order valence-corrected chi connectivity index (χ3v) is 3.00. The molecule has 0 saturated carbocycles. The Labute approximate surface area is 110 Å². The molecule has 2 rings (SSSR count). The van der Waals surface area contributed by atoms with Crippen LogP contribution in [0.15, 0.2) is 30.5 Å². The van der Waals surface area contributed by atoms with Gasteiger partial charge in [0.05, 0.1) is 5.56 Å². The van der Waals surface area contributed by atoms with Crippen LogP contribution in [0.2, 0.25) is 0 Å². The minimum atomic E-state index is -0.938. The zero-order valence-corrected chi connectivity index (χ0v) is 10.7. The molecule has 0 spiro atoms. The maximum atomic E-state index is 11.4. The molecule has 0 bridgehead atoms. The molecule has 0 aliphatic rings. The molecule has 2 N–H and O–H groups in total. The van der Waals surface area contributed by atoms with Crippen molar-refractivity contribution in [2.24, 2.45) is 0 Å². The van der Waals surface area contributed by atoms with Gasteiger partial charge in [-0.3, -0.25) is 4.79 Å². The molecular weight excluding hydrogens is 244 g/mol. The standard InChI is InChI=1S/C14H16N2O3/c1-2-15-13(17)7-9-16-8-6-10-11(14(18)19)4-3-5-12(10)16/h3-6,8H,2,7,9H2,1H3,(H,15,17)(H,18,19). The van der Waals surface area contributed by atoms with Crippen molar-refractivity contribution in [3.63, 3.8) is 0 Å². The molecule has 1 amide bonds. The number of carbonyl (C=O) groups excluding carboxylic acids is 1. The predicted molar refractivity (Wildman–Crippen MR) is 72.2 cm³/mol. The Morgan fingerprint density at radius 1 is 1.32 bits per heavy atom. The number of amides is 1. The molecular formula is C14H16N2O3. The average Bonchev–Trinajstić information content (AvgIpc) is 2.79. The molecule has 0 aliphatic heterocycles. The molecule has 0 unspecified atom stereocenters. The fraction of sp³-hybridized carbons (Fsp3) is 0.286. The van der Waals surface area contributed by atoms with E-state index in [2.05, 4.69) is 5.32 Å². The van der Waals surface area contributed by atoms with Gasteiger partial charge < -0.3 is 15.0 Å². The summed E-state index contributed by atoms with van der Waals surface area (Å²) >= 11 is 0. The smallest absolute Gasteiger partial charge is 0.336 e. The van der Waals surface area contributed by atoms with Gasteiger partial charge in [0, 0.05) is 36.6 Å². The SMILES string of the molecule is CCNC(=O)CCn1ccc2c(C(=O)O)cccc21. The maximum absolute atomic E-state index is 11.4. The second-order valence-corrected chi connectivity index (χ2v) is 4.26. The first-order valence-corrected chi connectivity index (χ1v) is 6.21. The lowest BCUT2D eigenvalue weighted by atomic mass is 10.1. The third kappa shape index (κ3) is 2.76. The van der Waals surface area contributed by atoms with E-state index in [1.54, 1.807) is 18.2 Å². The fourth-order valence-electron chi connectivity index (χ4n) is 2.11. The van der Waals surface area contributed by atoms with Crippen LogP contribution in [-0.2, 0) is 11.3 Å². The summed E-state index contributed by atoms with van der Waals surface area (Å²) in [5.74, 6) is -0.939. The van der Waals surface area contributed by atoms with Crippen LogP contribution in [0.4, 0.5) is 0 Å².